The zero-order valence-electron chi connectivity index (χ0n) is 14.6. The van der Waals surface area contributed by atoms with E-state index in [0.717, 1.165) is 11.0 Å². The van der Waals surface area contributed by atoms with Crippen LogP contribution in [0.4, 0.5) is 0 Å². The van der Waals surface area contributed by atoms with Gasteiger partial charge in [0.15, 0.2) is 0 Å². The van der Waals surface area contributed by atoms with Crippen molar-refractivity contribution in [2.45, 2.75) is 33.0 Å². The third-order valence-corrected chi connectivity index (χ3v) is 4.66. The Hall–Kier alpha value is -3.06. The topological polar surface area (TPSA) is 85.8 Å². The maximum Gasteiger partial charge on any atom is 0.277 e. The van der Waals surface area contributed by atoms with Crippen molar-refractivity contribution in [3.8, 4) is 0 Å². The van der Waals surface area contributed by atoms with Crippen LogP contribution >= 0.6 is 0 Å². The summed E-state index contributed by atoms with van der Waals surface area (Å²) in [5.74, 6) is 0. The van der Waals surface area contributed by atoms with E-state index in [9.17, 15) is 9.90 Å². The molecule has 4 rings (SSSR count). The molecule has 0 spiro atoms. The van der Waals surface area contributed by atoms with Gasteiger partial charge in [0.25, 0.3) is 5.56 Å². The van der Waals surface area contributed by atoms with Gasteiger partial charge in [0, 0.05) is 0 Å². The van der Waals surface area contributed by atoms with Crippen molar-refractivity contribution in [3.05, 3.63) is 64.2 Å². The summed E-state index contributed by atoms with van der Waals surface area (Å²) in [5.41, 5.74) is 4.50. The van der Waals surface area contributed by atoms with Gasteiger partial charge in [-0.15, -0.1) is 5.10 Å². The number of fused-ring (bicyclic) bond motifs is 2. The predicted molar refractivity (Wildman–Crippen MR) is 99.0 cm³/mol. The molecule has 0 aliphatic carbocycles. The van der Waals surface area contributed by atoms with Crippen LogP contribution < -0.4 is 5.56 Å². The number of hydrogen-bond acceptors (Lipinski definition) is 5. The largest absolute Gasteiger partial charge is 0.389 e. The standard InChI is InChI=1S/C19H19N5O2/c1-12-7-17-18(8-13(12)2)23(11-20-17)9-14(25)10-24-19(26)15-5-3-4-6-16(15)21-22-24/h3-8,11,14,25H,9-10H2,1-2H3/t14-/m0/s1. The van der Waals surface area contributed by atoms with E-state index in [1.54, 1.807) is 24.5 Å². The van der Waals surface area contributed by atoms with Gasteiger partial charge >= 0.3 is 0 Å². The minimum absolute atomic E-state index is 0.0706. The zero-order valence-corrected chi connectivity index (χ0v) is 14.6. The number of nitrogens with zero attached hydrogens (tertiary/aromatic N) is 5. The maximum atomic E-state index is 12.5. The molecule has 2 aromatic heterocycles. The van der Waals surface area contributed by atoms with E-state index < -0.39 is 6.10 Å². The van der Waals surface area contributed by atoms with Crippen LogP contribution in [0.5, 0.6) is 0 Å². The van der Waals surface area contributed by atoms with E-state index in [4.69, 9.17) is 0 Å². The van der Waals surface area contributed by atoms with Crippen molar-refractivity contribution in [1.82, 2.24) is 24.5 Å². The summed E-state index contributed by atoms with van der Waals surface area (Å²) in [6, 6.07) is 11.1. The van der Waals surface area contributed by atoms with Gasteiger partial charge in [-0.05, 0) is 49.2 Å². The van der Waals surface area contributed by atoms with E-state index in [2.05, 4.69) is 21.4 Å². The summed E-state index contributed by atoms with van der Waals surface area (Å²) in [5, 5.41) is 19.0. The van der Waals surface area contributed by atoms with Crippen LogP contribution in [0.1, 0.15) is 11.1 Å². The molecule has 7 nitrogen and oxygen atoms in total. The summed E-state index contributed by atoms with van der Waals surface area (Å²) in [6.45, 7) is 4.49. The molecule has 0 radical (unpaired) electrons. The van der Waals surface area contributed by atoms with E-state index in [0.29, 0.717) is 17.4 Å². The van der Waals surface area contributed by atoms with Crippen LogP contribution in [0.15, 0.2) is 47.5 Å². The van der Waals surface area contributed by atoms with Crippen molar-refractivity contribution in [3.63, 3.8) is 0 Å². The van der Waals surface area contributed by atoms with Gasteiger partial charge in [0.1, 0.15) is 5.52 Å². The van der Waals surface area contributed by atoms with E-state index in [1.165, 1.54) is 15.8 Å². The first kappa shape index (κ1) is 16.4. The number of rotatable bonds is 4. The Labute approximate surface area is 149 Å². The minimum atomic E-state index is -0.790. The minimum Gasteiger partial charge on any atom is -0.389 e. The van der Waals surface area contributed by atoms with Crippen LogP contribution in [-0.4, -0.2) is 35.8 Å². The van der Waals surface area contributed by atoms with Crippen molar-refractivity contribution in [2.75, 3.05) is 0 Å². The molecule has 0 saturated heterocycles. The summed E-state index contributed by atoms with van der Waals surface area (Å²) < 4.78 is 3.10. The Morgan fingerprint density at radius 3 is 2.69 bits per heavy atom. The highest BCUT2D eigenvalue weighted by atomic mass is 16.3. The molecule has 2 aromatic carbocycles. The fourth-order valence-corrected chi connectivity index (χ4v) is 3.09. The van der Waals surface area contributed by atoms with Gasteiger partial charge in [-0.2, -0.15) is 0 Å². The van der Waals surface area contributed by atoms with Crippen molar-refractivity contribution in [1.29, 1.82) is 0 Å². The summed E-state index contributed by atoms with van der Waals surface area (Å²) in [7, 11) is 0. The molecule has 0 unspecified atom stereocenters. The number of hydrogen-bond donors (Lipinski definition) is 1. The second-order valence-corrected chi connectivity index (χ2v) is 6.57. The van der Waals surface area contributed by atoms with Crippen LogP contribution in [0.2, 0.25) is 0 Å². The lowest BCUT2D eigenvalue weighted by atomic mass is 10.1. The highest BCUT2D eigenvalue weighted by Crippen LogP contribution is 2.18. The lowest BCUT2D eigenvalue weighted by Crippen LogP contribution is -2.31. The molecule has 4 aromatic rings. The maximum absolute atomic E-state index is 12.5. The number of aliphatic hydroxyl groups excluding tert-OH is 1. The SMILES string of the molecule is Cc1cc2ncn(C[C@H](O)Cn3nnc4ccccc4c3=O)c2cc1C. The monoisotopic (exact) mass is 349 g/mol. The van der Waals surface area contributed by atoms with E-state index in [-0.39, 0.29) is 12.1 Å². The molecule has 0 saturated carbocycles. The third kappa shape index (κ3) is 2.86. The quantitative estimate of drug-likeness (QED) is 0.607. The normalized spacial score (nSPS) is 12.7. The van der Waals surface area contributed by atoms with Gasteiger partial charge in [0.05, 0.1) is 41.9 Å². The fourth-order valence-electron chi connectivity index (χ4n) is 3.09. The lowest BCUT2D eigenvalue weighted by molar-refractivity contribution is 0.128. The van der Waals surface area contributed by atoms with Crippen molar-refractivity contribution >= 4 is 21.9 Å². The van der Waals surface area contributed by atoms with Crippen LogP contribution in [0.25, 0.3) is 21.9 Å². The van der Waals surface area contributed by atoms with Crippen LogP contribution in [-0.2, 0) is 13.1 Å². The molecular formula is C19H19N5O2. The molecular weight excluding hydrogens is 330 g/mol. The summed E-state index contributed by atoms with van der Waals surface area (Å²) in [4.78, 5) is 16.9. The Bertz CT molecular complexity index is 1160. The average Bonchev–Trinajstić information content (AvgIpc) is 3.00. The number of aliphatic hydroxyl groups is 1. The fraction of sp³-hybridized carbons (Fsp3) is 0.263. The highest BCUT2D eigenvalue weighted by molar-refractivity contribution is 5.77. The zero-order chi connectivity index (χ0) is 18.3. The van der Waals surface area contributed by atoms with Gasteiger partial charge in [-0.1, -0.05) is 17.3 Å². The third-order valence-electron chi connectivity index (χ3n) is 4.66. The molecule has 1 atom stereocenters. The summed E-state index contributed by atoms with van der Waals surface area (Å²) >= 11 is 0. The highest BCUT2D eigenvalue weighted by Gasteiger charge is 2.13. The molecule has 2 heterocycles. The second kappa shape index (κ2) is 6.34. The molecule has 1 N–H and O–H groups in total. The lowest BCUT2D eigenvalue weighted by Gasteiger charge is -2.13. The van der Waals surface area contributed by atoms with E-state index >= 15 is 0 Å². The Morgan fingerprint density at radius 2 is 1.85 bits per heavy atom. The average molecular weight is 349 g/mol. The number of benzene rings is 2. The Kier molecular flexibility index (Phi) is 4.00. The first-order chi connectivity index (χ1) is 12.5. The van der Waals surface area contributed by atoms with Gasteiger partial charge < -0.3 is 9.67 Å². The molecule has 0 bridgehead atoms. The Balaban J connectivity index is 1.60. The molecule has 0 fully saturated rings. The van der Waals surface area contributed by atoms with E-state index in [1.807, 2.05) is 30.5 Å². The Morgan fingerprint density at radius 1 is 1.08 bits per heavy atom. The predicted octanol–water partition coefficient (Wildman–Crippen LogP) is 1.82. The molecule has 0 aliphatic rings. The molecule has 7 heteroatoms. The molecule has 26 heavy (non-hydrogen) atoms. The first-order valence-corrected chi connectivity index (χ1v) is 8.45. The van der Waals surface area contributed by atoms with Crippen LogP contribution in [0.3, 0.4) is 0 Å². The van der Waals surface area contributed by atoms with Crippen molar-refractivity contribution in [2.24, 2.45) is 0 Å². The van der Waals surface area contributed by atoms with Gasteiger partial charge in [-0.3, -0.25) is 4.79 Å². The summed E-state index contributed by atoms with van der Waals surface area (Å²) in [6.07, 6.45) is 0.920. The van der Waals surface area contributed by atoms with Gasteiger partial charge in [-0.25, -0.2) is 9.67 Å². The first-order valence-electron chi connectivity index (χ1n) is 8.45. The van der Waals surface area contributed by atoms with Crippen LogP contribution in [0, 0.1) is 13.8 Å². The van der Waals surface area contributed by atoms with Crippen molar-refractivity contribution < 1.29 is 5.11 Å². The smallest absolute Gasteiger partial charge is 0.277 e. The second-order valence-electron chi connectivity index (χ2n) is 6.57. The molecule has 132 valence electrons. The molecule has 0 aliphatic heterocycles. The van der Waals surface area contributed by atoms with Gasteiger partial charge in [0.2, 0.25) is 0 Å². The number of aryl methyl sites for hydroxylation is 2. The number of imidazole rings is 1. The molecule has 0 amide bonds. The number of aromatic nitrogens is 5.